The summed E-state index contributed by atoms with van der Waals surface area (Å²) in [6.45, 7) is 12.6. The van der Waals surface area contributed by atoms with Crippen LogP contribution in [-0.2, 0) is 0 Å². The van der Waals surface area contributed by atoms with E-state index in [0.29, 0.717) is 5.25 Å². The molecule has 0 aromatic heterocycles. The van der Waals surface area contributed by atoms with Gasteiger partial charge in [0.05, 0.1) is 0 Å². The standard InChI is InChI=1S/C15H24N2S/c1-12-4-5-13(2)15(10-12)18-14(3)11-17-8-6-16-7-9-17/h4-5,10,14,16H,6-9,11H2,1-3H3. The van der Waals surface area contributed by atoms with E-state index in [1.165, 1.54) is 35.7 Å². The van der Waals surface area contributed by atoms with Gasteiger partial charge in [-0.2, -0.15) is 0 Å². The van der Waals surface area contributed by atoms with Crippen molar-refractivity contribution in [3.63, 3.8) is 0 Å². The maximum absolute atomic E-state index is 3.41. The number of nitrogens with one attached hydrogen (secondary N) is 1. The quantitative estimate of drug-likeness (QED) is 0.842. The molecule has 1 aliphatic rings. The van der Waals surface area contributed by atoms with Crippen LogP contribution in [0.25, 0.3) is 0 Å². The van der Waals surface area contributed by atoms with Gasteiger partial charge in [0.15, 0.2) is 0 Å². The van der Waals surface area contributed by atoms with Gasteiger partial charge in [-0.25, -0.2) is 0 Å². The van der Waals surface area contributed by atoms with Crippen LogP contribution in [0.3, 0.4) is 0 Å². The highest BCUT2D eigenvalue weighted by Crippen LogP contribution is 2.27. The Morgan fingerprint density at radius 1 is 1.28 bits per heavy atom. The van der Waals surface area contributed by atoms with Gasteiger partial charge in [-0.3, -0.25) is 4.90 Å². The molecule has 1 heterocycles. The van der Waals surface area contributed by atoms with E-state index in [1.807, 2.05) is 11.8 Å². The Balaban J connectivity index is 1.89. The van der Waals surface area contributed by atoms with Gasteiger partial charge < -0.3 is 5.32 Å². The van der Waals surface area contributed by atoms with Crippen molar-refractivity contribution in [3.05, 3.63) is 29.3 Å². The van der Waals surface area contributed by atoms with Gasteiger partial charge >= 0.3 is 0 Å². The number of hydrogen-bond acceptors (Lipinski definition) is 3. The van der Waals surface area contributed by atoms with E-state index < -0.39 is 0 Å². The van der Waals surface area contributed by atoms with Crippen LogP contribution in [0.15, 0.2) is 23.1 Å². The first-order chi connectivity index (χ1) is 8.65. The Labute approximate surface area is 115 Å². The van der Waals surface area contributed by atoms with Crippen LogP contribution < -0.4 is 5.32 Å². The van der Waals surface area contributed by atoms with Gasteiger partial charge in [-0.15, -0.1) is 11.8 Å². The van der Waals surface area contributed by atoms with Crippen LogP contribution in [-0.4, -0.2) is 42.9 Å². The van der Waals surface area contributed by atoms with E-state index in [1.54, 1.807) is 0 Å². The van der Waals surface area contributed by atoms with E-state index in [0.717, 1.165) is 13.1 Å². The van der Waals surface area contributed by atoms with E-state index in [9.17, 15) is 0 Å². The summed E-state index contributed by atoms with van der Waals surface area (Å²) in [6.07, 6.45) is 0. The van der Waals surface area contributed by atoms with Crippen LogP contribution >= 0.6 is 11.8 Å². The third-order valence-electron chi connectivity index (χ3n) is 3.40. The fourth-order valence-electron chi connectivity index (χ4n) is 2.35. The summed E-state index contributed by atoms with van der Waals surface area (Å²) in [4.78, 5) is 4.01. The Bertz CT molecular complexity index is 386. The van der Waals surface area contributed by atoms with Gasteiger partial charge in [0, 0.05) is 42.9 Å². The van der Waals surface area contributed by atoms with Crippen LogP contribution in [0.5, 0.6) is 0 Å². The van der Waals surface area contributed by atoms with Crippen LogP contribution in [0, 0.1) is 13.8 Å². The van der Waals surface area contributed by atoms with Crippen LogP contribution in [0.2, 0.25) is 0 Å². The van der Waals surface area contributed by atoms with Crippen molar-refractivity contribution >= 4 is 11.8 Å². The highest BCUT2D eigenvalue weighted by atomic mass is 32.2. The Kier molecular flexibility index (Phi) is 5.10. The molecular weight excluding hydrogens is 240 g/mol. The number of rotatable bonds is 4. The first kappa shape index (κ1) is 13.9. The van der Waals surface area contributed by atoms with Crippen molar-refractivity contribution in [2.24, 2.45) is 0 Å². The van der Waals surface area contributed by atoms with Crippen molar-refractivity contribution in [2.75, 3.05) is 32.7 Å². The van der Waals surface area contributed by atoms with Crippen molar-refractivity contribution in [1.29, 1.82) is 0 Å². The number of hydrogen-bond donors (Lipinski definition) is 1. The predicted octanol–water partition coefficient (Wildman–Crippen LogP) is 2.69. The predicted molar refractivity (Wildman–Crippen MR) is 80.5 cm³/mol. The molecule has 0 aliphatic carbocycles. The minimum absolute atomic E-state index is 0.656. The van der Waals surface area contributed by atoms with Crippen molar-refractivity contribution in [2.45, 2.75) is 30.9 Å². The van der Waals surface area contributed by atoms with Gasteiger partial charge in [-0.1, -0.05) is 24.6 Å². The molecule has 18 heavy (non-hydrogen) atoms. The molecule has 1 aromatic carbocycles. The van der Waals surface area contributed by atoms with Crippen LogP contribution in [0.4, 0.5) is 0 Å². The van der Waals surface area contributed by atoms with Gasteiger partial charge in [0.25, 0.3) is 0 Å². The fourth-order valence-corrected chi connectivity index (χ4v) is 3.57. The first-order valence-corrected chi connectivity index (χ1v) is 7.70. The number of nitrogens with zero attached hydrogens (tertiary/aromatic N) is 1. The lowest BCUT2D eigenvalue weighted by Crippen LogP contribution is -2.45. The number of thioether (sulfide) groups is 1. The molecule has 2 nitrogen and oxygen atoms in total. The first-order valence-electron chi connectivity index (χ1n) is 6.82. The highest BCUT2D eigenvalue weighted by molar-refractivity contribution is 8.00. The van der Waals surface area contributed by atoms with E-state index in [4.69, 9.17) is 0 Å². The average molecular weight is 264 g/mol. The van der Waals surface area contributed by atoms with Gasteiger partial charge in [-0.05, 0) is 25.5 Å². The van der Waals surface area contributed by atoms with Gasteiger partial charge in [0.1, 0.15) is 0 Å². The molecule has 1 aromatic rings. The molecular formula is C15H24N2S. The topological polar surface area (TPSA) is 15.3 Å². The molecule has 1 saturated heterocycles. The minimum atomic E-state index is 0.656. The zero-order valence-corrected chi connectivity index (χ0v) is 12.5. The van der Waals surface area contributed by atoms with Crippen molar-refractivity contribution in [3.8, 4) is 0 Å². The average Bonchev–Trinajstić information content (AvgIpc) is 2.35. The lowest BCUT2D eigenvalue weighted by atomic mass is 10.2. The second kappa shape index (κ2) is 6.60. The summed E-state index contributed by atoms with van der Waals surface area (Å²) in [6, 6.07) is 6.74. The molecule has 0 spiro atoms. The Hall–Kier alpha value is -0.510. The lowest BCUT2D eigenvalue weighted by Gasteiger charge is -2.29. The maximum atomic E-state index is 3.41. The largest absolute Gasteiger partial charge is 0.314 e. The smallest absolute Gasteiger partial charge is 0.0194 e. The van der Waals surface area contributed by atoms with Gasteiger partial charge in [0.2, 0.25) is 0 Å². The fraction of sp³-hybridized carbons (Fsp3) is 0.600. The molecule has 0 amide bonds. The zero-order valence-electron chi connectivity index (χ0n) is 11.7. The van der Waals surface area contributed by atoms with E-state index in [-0.39, 0.29) is 0 Å². The molecule has 1 fully saturated rings. The molecule has 1 unspecified atom stereocenters. The molecule has 2 rings (SSSR count). The van der Waals surface area contributed by atoms with Crippen molar-refractivity contribution < 1.29 is 0 Å². The number of benzene rings is 1. The lowest BCUT2D eigenvalue weighted by molar-refractivity contribution is 0.244. The number of piperazine rings is 1. The molecule has 3 heteroatoms. The summed E-state index contributed by atoms with van der Waals surface area (Å²) < 4.78 is 0. The van der Waals surface area contributed by atoms with E-state index >= 15 is 0 Å². The Morgan fingerprint density at radius 2 is 2.00 bits per heavy atom. The summed E-state index contributed by atoms with van der Waals surface area (Å²) in [5.74, 6) is 0. The molecule has 1 N–H and O–H groups in total. The highest BCUT2D eigenvalue weighted by Gasteiger charge is 2.14. The minimum Gasteiger partial charge on any atom is -0.314 e. The third-order valence-corrected chi connectivity index (χ3v) is 4.64. The monoisotopic (exact) mass is 264 g/mol. The zero-order chi connectivity index (χ0) is 13.0. The molecule has 1 atom stereocenters. The SMILES string of the molecule is Cc1ccc(C)c(SC(C)CN2CCNCC2)c1. The molecule has 0 radical (unpaired) electrons. The second-order valence-corrected chi connectivity index (χ2v) is 6.73. The van der Waals surface area contributed by atoms with E-state index in [2.05, 4.69) is 49.2 Å². The summed E-state index contributed by atoms with van der Waals surface area (Å²) in [7, 11) is 0. The molecule has 1 aliphatic heterocycles. The third kappa shape index (κ3) is 4.01. The summed E-state index contributed by atoms with van der Waals surface area (Å²) in [5, 5.41) is 4.06. The Morgan fingerprint density at radius 3 is 2.72 bits per heavy atom. The van der Waals surface area contributed by atoms with Crippen LogP contribution in [0.1, 0.15) is 18.1 Å². The summed E-state index contributed by atoms with van der Waals surface area (Å²) in [5.41, 5.74) is 2.76. The molecule has 0 bridgehead atoms. The normalized spacial score (nSPS) is 18.8. The molecule has 0 saturated carbocycles. The summed E-state index contributed by atoms with van der Waals surface area (Å²) >= 11 is 2.02. The van der Waals surface area contributed by atoms with Crippen molar-refractivity contribution in [1.82, 2.24) is 10.2 Å². The molecule has 100 valence electrons. The second-order valence-electron chi connectivity index (χ2n) is 5.25. The maximum Gasteiger partial charge on any atom is 0.0194 e. The number of aryl methyl sites for hydroxylation is 2.